The molecule has 0 radical (unpaired) electrons. The van der Waals surface area contributed by atoms with Crippen LogP contribution in [0.5, 0.6) is 0 Å². The number of hydrogen-bond acceptors (Lipinski definition) is 4. The number of aromatic nitrogens is 1. The number of aliphatic hydroxyl groups excluding tert-OH is 1. The van der Waals surface area contributed by atoms with E-state index in [0.29, 0.717) is 16.9 Å². The second-order valence-electron chi connectivity index (χ2n) is 4.46. The number of halogens is 1. The van der Waals surface area contributed by atoms with Gasteiger partial charge in [0.05, 0.1) is 0 Å². The van der Waals surface area contributed by atoms with E-state index in [9.17, 15) is 4.39 Å². The van der Waals surface area contributed by atoms with E-state index in [2.05, 4.69) is 10.3 Å². The van der Waals surface area contributed by atoms with E-state index in [1.54, 1.807) is 12.3 Å². The fourth-order valence-electron chi connectivity index (χ4n) is 2.04. The summed E-state index contributed by atoms with van der Waals surface area (Å²) in [6.07, 6.45) is 4.34. The number of rotatable bonds is 6. The van der Waals surface area contributed by atoms with Gasteiger partial charge in [-0.2, -0.15) is 0 Å². The number of nitrogens with zero attached hydrogens (tertiary/aromatic N) is 1. The zero-order valence-corrected chi connectivity index (χ0v) is 10.7. The molecular weight excluding hydrogens is 245 g/mol. The number of unbranched alkanes of at least 4 members (excludes halogenated alkanes) is 2. The number of anilines is 2. The number of nitrogen functional groups attached to an aromatic ring is 1. The minimum atomic E-state index is -0.360. The van der Waals surface area contributed by atoms with Gasteiger partial charge < -0.3 is 16.2 Å². The van der Waals surface area contributed by atoms with Crippen LogP contribution in [0.3, 0.4) is 0 Å². The lowest BCUT2D eigenvalue weighted by Crippen LogP contribution is -2.04. The smallest absolute Gasteiger partial charge is 0.133 e. The lowest BCUT2D eigenvalue weighted by molar-refractivity contribution is 0.283. The van der Waals surface area contributed by atoms with Crippen LogP contribution < -0.4 is 11.1 Å². The first-order chi connectivity index (χ1) is 9.22. The number of nitrogens with one attached hydrogen (secondary N) is 1. The van der Waals surface area contributed by atoms with Crippen molar-refractivity contribution in [3.63, 3.8) is 0 Å². The zero-order valence-electron chi connectivity index (χ0n) is 10.7. The topological polar surface area (TPSA) is 71.2 Å². The Balaban J connectivity index is 2.14. The molecule has 0 aliphatic carbocycles. The Labute approximate surface area is 111 Å². The molecule has 0 atom stereocenters. The van der Waals surface area contributed by atoms with Crippen molar-refractivity contribution in [3.8, 4) is 0 Å². The quantitative estimate of drug-likeness (QED) is 0.553. The molecule has 4 nitrogen and oxygen atoms in total. The molecule has 19 heavy (non-hydrogen) atoms. The molecule has 1 heterocycles. The number of hydrogen-bond donors (Lipinski definition) is 3. The van der Waals surface area contributed by atoms with Gasteiger partial charge in [-0.25, -0.2) is 9.37 Å². The van der Waals surface area contributed by atoms with Crippen LogP contribution in [0, 0.1) is 5.82 Å². The third kappa shape index (κ3) is 3.32. The molecule has 0 saturated carbocycles. The Hall–Kier alpha value is -1.88. The molecular formula is C14H18FN3O. The Morgan fingerprint density at radius 2 is 2.05 bits per heavy atom. The molecule has 2 aromatic rings. The molecule has 0 bridgehead atoms. The van der Waals surface area contributed by atoms with Crippen LogP contribution in [0.1, 0.15) is 19.3 Å². The number of benzene rings is 1. The first kappa shape index (κ1) is 13.5. The predicted molar refractivity (Wildman–Crippen MR) is 75.5 cm³/mol. The minimum Gasteiger partial charge on any atom is -0.398 e. The molecule has 0 fully saturated rings. The summed E-state index contributed by atoms with van der Waals surface area (Å²) in [5.41, 5.74) is 6.21. The van der Waals surface area contributed by atoms with Crippen molar-refractivity contribution in [1.82, 2.24) is 4.98 Å². The minimum absolute atomic E-state index is 0.217. The monoisotopic (exact) mass is 263 g/mol. The second kappa shape index (κ2) is 6.33. The molecule has 1 aromatic carbocycles. The standard InChI is InChI=1S/C14H18FN3O/c15-10-8-12-11(13(16)9-10)4-6-18-14(12)17-5-2-1-3-7-19/h4,6,8-9,19H,1-3,5,7,16H2,(H,17,18). The Kier molecular flexibility index (Phi) is 4.52. The summed E-state index contributed by atoms with van der Waals surface area (Å²) in [4.78, 5) is 4.22. The van der Waals surface area contributed by atoms with Crippen LogP contribution >= 0.6 is 0 Å². The molecule has 102 valence electrons. The molecule has 5 heteroatoms. The van der Waals surface area contributed by atoms with Gasteiger partial charge in [0.15, 0.2) is 0 Å². The van der Waals surface area contributed by atoms with Crippen molar-refractivity contribution in [3.05, 3.63) is 30.2 Å². The maximum absolute atomic E-state index is 13.4. The number of nitrogens with two attached hydrogens (primary N) is 1. The summed E-state index contributed by atoms with van der Waals surface area (Å²) < 4.78 is 13.4. The molecule has 0 unspecified atom stereocenters. The number of fused-ring (bicyclic) bond motifs is 1. The van der Waals surface area contributed by atoms with Crippen molar-refractivity contribution in [2.75, 3.05) is 24.2 Å². The van der Waals surface area contributed by atoms with Gasteiger partial charge in [0, 0.05) is 35.8 Å². The van der Waals surface area contributed by atoms with E-state index in [-0.39, 0.29) is 12.4 Å². The van der Waals surface area contributed by atoms with E-state index in [4.69, 9.17) is 10.8 Å². The molecule has 0 aliphatic heterocycles. The number of pyridine rings is 1. The highest BCUT2D eigenvalue weighted by atomic mass is 19.1. The van der Waals surface area contributed by atoms with Crippen LogP contribution in [0.4, 0.5) is 15.9 Å². The molecule has 0 spiro atoms. The number of aliphatic hydroxyl groups is 1. The summed E-state index contributed by atoms with van der Waals surface area (Å²) in [6.45, 7) is 0.955. The van der Waals surface area contributed by atoms with Crippen LogP contribution in [-0.2, 0) is 0 Å². The predicted octanol–water partition coefficient (Wildman–Crippen LogP) is 2.53. The van der Waals surface area contributed by atoms with Crippen LogP contribution in [0.15, 0.2) is 24.4 Å². The summed E-state index contributed by atoms with van der Waals surface area (Å²) in [6, 6.07) is 4.53. The van der Waals surface area contributed by atoms with Crippen molar-refractivity contribution >= 4 is 22.3 Å². The van der Waals surface area contributed by atoms with E-state index >= 15 is 0 Å². The first-order valence-electron chi connectivity index (χ1n) is 6.41. The van der Waals surface area contributed by atoms with Crippen molar-refractivity contribution < 1.29 is 9.50 Å². The Morgan fingerprint density at radius 3 is 2.84 bits per heavy atom. The summed E-state index contributed by atoms with van der Waals surface area (Å²) in [7, 11) is 0. The SMILES string of the molecule is Nc1cc(F)cc2c(NCCCCCO)nccc12. The van der Waals surface area contributed by atoms with Gasteiger partial charge in [-0.3, -0.25) is 0 Å². The summed E-state index contributed by atoms with van der Waals surface area (Å²) >= 11 is 0. The molecule has 0 saturated heterocycles. The Bertz CT molecular complexity index is 560. The first-order valence-corrected chi connectivity index (χ1v) is 6.41. The fraction of sp³-hybridized carbons (Fsp3) is 0.357. The van der Waals surface area contributed by atoms with Crippen molar-refractivity contribution in [2.45, 2.75) is 19.3 Å². The van der Waals surface area contributed by atoms with Gasteiger partial charge in [0.1, 0.15) is 11.6 Å². The second-order valence-corrected chi connectivity index (χ2v) is 4.46. The van der Waals surface area contributed by atoms with E-state index in [0.717, 1.165) is 31.2 Å². The average Bonchev–Trinajstić information content (AvgIpc) is 2.39. The highest BCUT2D eigenvalue weighted by molar-refractivity contribution is 5.99. The molecule has 4 N–H and O–H groups in total. The lowest BCUT2D eigenvalue weighted by atomic mass is 10.1. The fourth-order valence-corrected chi connectivity index (χ4v) is 2.04. The van der Waals surface area contributed by atoms with Crippen LogP contribution in [0.2, 0.25) is 0 Å². The summed E-state index contributed by atoms with van der Waals surface area (Å²) in [5.74, 6) is 0.286. The maximum Gasteiger partial charge on any atom is 0.133 e. The van der Waals surface area contributed by atoms with E-state index < -0.39 is 0 Å². The summed E-state index contributed by atoms with van der Waals surface area (Å²) in [5, 5.41) is 13.4. The highest BCUT2D eigenvalue weighted by Crippen LogP contribution is 2.27. The average molecular weight is 263 g/mol. The van der Waals surface area contributed by atoms with Gasteiger partial charge in [-0.15, -0.1) is 0 Å². The van der Waals surface area contributed by atoms with Crippen molar-refractivity contribution in [1.29, 1.82) is 0 Å². The van der Waals surface area contributed by atoms with E-state index in [1.165, 1.54) is 12.1 Å². The van der Waals surface area contributed by atoms with Crippen LogP contribution in [-0.4, -0.2) is 23.2 Å². The maximum atomic E-state index is 13.4. The van der Waals surface area contributed by atoms with Crippen LogP contribution in [0.25, 0.3) is 10.8 Å². The normalized spacial score (nSPS) is 10.8. The molecule has 0 aliphatic rings. The molecule has 1 aromatic heterocycles. The van der Waals surface area contributed by atoms with Crippen molar-refractivity contribution in [2.24, 2.45) is 0 Å². The molecule has 0 amide bonds. The third-order valence-corrected chi connectivity index (χ3v) is 3.00. The van der Waals surface area contributed by atoms with Gasteiger partial charge in [0.25, 0.3) is 0 Å². The highest BCUT2D eigenvalue weighted by Gasteiger charge is 2.06. The third-order valence-electron chi connectivity index (χ3n) is 3.00. The Morgan fingerprint density at radius 1 is 1.21 bits per heavy atom. The van der Waals surface area contributed by atoms with E-state index in [1.807, 2.05) is 0 Å². The van der Waals surface area contributed by atoms with Gasteiger partial charge >= 0.3 is 0 Å². The van der Waals surface area contributed by atoms with Gasteiger partial charge in [-0.1, -0.05) is 0 Å². The lowest BCUT2D eigenvalue weighted by Gasteiger charge is -2.10. The zero-order chi connectivity index (χ0) is 13.7. The molecule has 2 rings (SSSR count). The van der Waals surface area contributed by atoms with Gasteiger partial charge in [0.2, 0.25) is 0 Å². The largest absolute Gasteiger partial charge is 0.398 e. The van der Waals surface area contributed by atoms with Gasteiger partial charge in [-0.05, 0) is 37.5 Å².